The number of hydrogen-bond acceptors (Lipinski definition) is 7. The van der Waals surface area contributed by atoms with E-state index in [2.05, 4.69) is 74.6 Å². The van der Waals surface area contributed by atoms with Gasteiger partial charge in [0.15, 0.2) is 0 Å². The summed E-state index contributed by atoms with van der Waals surface area (Å²) in [5, 5.41) is 0. The molecule has 0 bridgehead atoms. The zero-order valence-electron chi connectivity index (χ0n) is 36.8. The molecule has 0 aromatic rings. The topological polar surface area (TPSA) is 117 Å². The van der Waals surface area contributed by atoms with Crippen molar-refractivity contribution in [3.05, 3.63) is 60.8 Å². The Morgan fingerprint density at radius 2 is 0.947 bits per heavy atom. The van der Waals surface area contributed by atoms with Gasteiger partial charge in [-0.3, -0.25) is 13.8 Å². The third kappa shape index (κ3) is 45.1. The number of nitrogens with two attached hydrogens (primary N) is 1. The molecule has 2 atom stereocenters. The Balaban J connectivity index is 4.02. The van der Waals surface area contributed by atoms with Gasteiger partial charge in [0.25, 0.3) is 0 Å². The van der Waals surface area contributed by atoms with Gasteiger partial charge in [0.05, 0.1) is 19.8 Å². The van der Waals surface area contributed by atoms with Crippen LogP contribution >= 0.6 is 7.82 Å². The van der Waals surface area contributed by atoms with E-state index in [1.165, 1.54) is 109 Å². The molecule has 2 unspecified atom stereocenters. The van der Waals surface area contributed by atoms with Gasteiger partial charge in [-0.05, 0) is 77.0 Å². The number of hydrogen-bond donors (Lipinski definition) is 2. The molecule has 0 aromatic heterocycles. The summed E-state index contributed by atoms with van der Waals surface area (Å²) in [6.45, 7) is 4.84. The third-order valence-corrected chi connectivity index (χ3v) is 10.6. The van der Waals surface area contributed by atoms with Crippen LogP contribution in [0.5, 0.6) is 0 Å². The van der Waals surface area contributed by atoms with Crippen LogP contribution in [0, 0.1) is 0 Å². The van der Waals surface area contributed by atoms with Gasteiger partial charge < -0.3 is 20.1 Å². The average Bonchev–Trinajstić information content (AvgIpc) is 3.20. The lowest BCUT2D eigenvalue weighted by Crippen LogP contribution is -2.28. The molecule has 9 heteroatoms. The quantitative estimate of drug-likeness (QED) is 0.0270. The highest BCUT2D eigenvalue weighted by atomic mass is 31.2. The standard InChI is InChI=1S/C48H88NO7P/c1-3-5-7-9-11-13-15-17-19-20-21-22-23-24-25-26-27-29-31-33-35-37-39-41-48(50)56-47(46-55-57(51,52)54-44-42-49)45-53-43-40-38-36-34-32-30-28-18-16-14-12-10-8-6-4-2/h10,12,15-18,20-21,23-24,47H,3-9,11,13-14,19,22,25-46,49H2,1-2H3,(H,51,52)/b12-10-,17-15-,18-16-,21-20-,24-23-. The first-order valence-electron chi connectivity index (χ1n) is 23.3. The summed E-state index contributed by atoms with van der Waals surface area (Å²) >= 11 is 0. The molecule has 0 heterocycles. The Hall–Kier alpha value is -1.80. The number of carbonyl (C=O) groups is 1. The summed E-state index contributed by atoms with van der Waals surface area (Å²) in [5.41, 5.74) is 5.37. The molecule has 0 rings (SSSR count). The summed E-state index contributed by atoms with van der Waals surface area (Å²) in [5.74, 6) is -0.343. The largest absolute Gasteiger partial charge is 0.472 e. The Labute approximate surface area is 351 Å². The first kappa shape index (κ1) is 55.2. The van der Waals surface area contributed by atoms with E-state index in [-0.39, 0.29) is 32.3 Å². The van der Waals surface area contributed by atoms with E-state index in [4.69, 9.17) is 24.3 Å². The lowest BCUT2D eigenvalue weighted by atomic mass is 10.1. The van der Waals surface area contributed by atoms with Gasteiger partial charge >= 0.3 is 13.8 Å². The normalized spacial score (nSPS) is 14.0. The molecule has 0 aliphatic rings. The van der Waals surface area contributed by atoms with Crippen LogP contribution in [0.15, 0.2) is 60.8 Å². The number of phosphoric ester groups is 1. The van der Waals surface area contributed by atoms with Crippen molar-refractivity contribution in [2.75, 3.05) is 33.0 Å². The van der Waals surface area contributed by atoms with Gasteiger partial charge in [0.2, 0.25) is 0 Å². The molecule has 332 valence electrons. The number of carbonyl (C=O) groups excluding carboxylic acids is 1. The molecule has 0 saturated heterocycles. The summed E-state index contributed by atoms with van der Waals surface area (Å²) in [7, 11) is -4.29. The fraction of sp³-hybridized carbons (Fsp3) is 0.771. The van der Waals surface area contributed by atoms with Gasteiger partial charge in [-0.25, -0.2) is 4.57 Å². The summed E-state index contributed by atoms with van der Waals surface area (Å²) in [4.78, 5) is 22.5. The van der Waals surface area contributed by atoms with Crippen molar-refractivity contribution in [2.24, 2.45) is 5.73 Å². The van der Waals surface area contributed by atoms with Gasteiger partial charge in [-0.1, -0.05) is 177 Å². The van der Waals surface area contributed by atoms with E-state index in [0.717, 1.165) is 70.6 Å². The van der Waals surface area contributed by atoms with Crippen molar-refractivity contribution < 1.29 is 32.8 Å². The minimum Gasteiger partial charge on any atom is -0.457 e. The maximum absolute atomic E-state index is 12.6. The minimum absolute atomic E-state index is 0.0947. The van der Waals surface area contributed by atoms with Gasteiger partial charge in [0, 0.05) is 19.6 Å². The highest BCUT2D eigenvalue weighted by Crippen LogP contribution is 2.43. The lowest BCUT2D eigenvalue weighted by Gasteiger charge is -2.20. The van der Waals surface area contributed by atoms with Crippen molar-refractivity contribution in [1.29, 1.82) is 0 Å². The van der Waals surface area contributed by atoms with E-state index in [1.54, 1.807) is 0 Å². The van der Waals surface area contributed by atoms with Gasteiger partial charge in [-0.15, -0.1) is 0 Å². The van der Waals surface area contributed by atoms with Crippen LogP contribution in [0.3, 0.4) is 0 Å². The first-order chi connectivity index (χ1) is 27.9. The molecule has 0 aliphatic carbocycles. The molecule has 0 amide bonds. The van der Waals surface area contributed by atoms with Crippen molar-refractivity contribution in [1.82, 2.24) is 0 Å². The summed E-state index contributed by atoms with van der Waals surface area (Å²) in [6, 6.07) is 0. The van der Waals surface area contributed by atoms with E-state index in [1.807, 2.05) is 0 Å². The number of esters is 1. The fourth-order valence-corrected chi connectivity index (χ4v) is 6.96. The highest BCUT2D eigenvalue weighted by Gasteiger charge is 2.25. The molecule has 3 N–H and O–H groups in total. The Morgan fingerprint density at radius 1 is 0.526 bits per heavy atom. The monoisotopic (exact) mass is 822 g/mol. The zero-order chi connectivity index (χ0) is 41.6. The summed E-state index contributed by atoms with van der Waals surface area (Å²) in [6.07, 6.45) is 55.2. The lowest BCUT2D eigenvalue weighted by molar-refractivity contribution is -0.154. The smallest absolute Gasteiger partial charge is 0.457 e. The van der Waals surface area contributed by atoms with E-state index in [9.17, 15) is 14.3 Å². The van der Waals surface area contributed by atoms with Crippen LogP contribution in [-0.2, 0) is 27.9 Å². The molecular formula is C48H88NO7P. The Kier molecular flexibility index (Phi) is 43.9. The number of allylic oxidation sites excluding steroid dienone is 10. The number of unbranched alkanes of at least 4 members (excludes halogenated alkanes) is 21. The van der Waals surface area contributed by atoms with Crippen molar-refractivity contribution in [3.8, 4) is 0 Å². The van der Waals surface area contributed by atoms with Crippen LogP contribution < -0.4 is 5.73 Å². The van der Waals surface area contributed by atoms with E-state index in [0.29, 0.717) is 13.0 Å². The maximum Gasteiger partial charge on any atom is 0.472 e. The van der Waals surface area contributed by atoms with Gasteiger partial charge in [0.1, 0.15) is 6.10 Å². The number of ether oxygens (including phenoxy) is 2. The number of phosphoric acid groups is 1. The van der Waals surface area contributed by atoms with Crippen LogP contribution in [0.25, 0.3) is 0 Å². The Morgan fingerprint density at radius 3 is 1.44 bits per heavy atom. The van der Waals surface area contributed by atoms with E-state index < -0.39 is 13.9 Å². The average molecular weight is 822 g/mol. The zero-order valence-corrected chi connectivity index (χ0v) is 37.7. The second kappa shape index (κ2) is 45.3. The molecule has 0 saturated carbocycles. The predicted octanol–water partition coefficient (Wildman–Crippen LogP) is 14.1. The molecule has 0 spiro atoms. The van der Waals surface area contributed by atoms with Crippen molar-refractivity contribution in [3.63, 3.8) is 0 Å². The van der Waals surface area contributed by atoms with E-state index >= 15 is 0 Å². The maximum atomic E-state index is 12.6. The molecule has 0 aliphatic heterocycles. The molecule has 57 heavy (non-hydrogen) atoms. The SMILES string of the molecule is CCCC/C=C\C/C=C\CCCCCCCCOCC(COP(=O)(O)OCCN)OC(=O)CCCCCCCCCC/C=C\C/C=C\C/C=C\CCCCCCC. The third-order valence-electron chi connectivity index (χ3n) is 9.66. The molecule has 0 radical (unpaired) electrons. The van der Waals surface area contributed by atoms with Crippen LogP contribution in [0.2, 0.25) is 0 Å². The number of rotatable bonds is 44. The summed E-state index contributed by atoms with van der Waals surface area (Å²) < 4.78 is 33.5. The highest BCUT2D eigenvalue weighted by molar-refractivity contribution is 7.47. The predicted molar refractivity (Wildman–Crippen MR) is 242 cm³/mol. The molecule has 0 aromatic carbocycles. The second-order valence-corrected chi connectivity index (χ2v) is 16.7. The van der Waals surface area contributed by atoms with Gasteiger partial charge in [-0.2, -0.15) is 0 Å². The Bertz CT molecular complexity index is 1060. The molecular weight excluding hydrogens is 734 g/mol. The molecule has 0 fully saturated rings. The van der Waals surface area contributed by atoms with Crippen LogP contribution in [0.1, 0.15) is 200 Å². The van der Waals surface area contributed by atoms with Crippen LogP contribution in [-0.4, -0.2) is 49.9 Å². The van der Waals surface area contributed by atoms with Crippen molar-refractivity contribution >= 4 is 13.8 Å². The first-order valence-corrected chi connectivity index (χ1v) is 24.8. The second-order valence-electron chi connectivity index (χ2n) is 15.3. The molecule has 8 nitrogen and oxygen atoms in total. The minimum atomic E-state index is -4.29. The fourth-order valence-electron chi connectivity index (χ4n) is 6.20. The van der Waals surface area contributed by atoms with Crippen LogP contribution in [0.4, 0.5) is 0 Å². The van der Waals surface area contributed by atoms with Crippen molar-refractivity contribution in [2.45, 2.75) is 206 Å².